The third kappa shape index (κ3) is 4.71. The average Bonchev–Trinajstić information content (AvgIpc) is 2.62. The van der Waals surface area contributed by atoms with E-state index in [0.29, 0.717) is 12.7 Å². The second-order valence-corrected chi connectivity index (χ2v) is 7.38. The smallest absolute Gasteiger partial charge is 0.124 e. The molecule has 0 unspecified atom stereocenters. The monoisotopic (exact) mass is 333 g/mol. The second-order valence-electron chi connectivity index (χ2n) is 7.38. The first kappa shape index (κ1) is 17.7. The Labute approximate surface area is 145 Å². The summed E-state index contributed by atoms with van der Waals surface area (Å²) in [7, 11) is 1.70. The third-order valence-corrected chi connectivity index (χ3v) is 5.50. The van der Waals surface area contributed by atoms with Gasteiger partial charge in [0, 0.05) is 25.2 Å². The zero-order valence-electron chi connectivity index (χ0n) is 14.9. The van der Waals surface area contributed by atoms with Gasteiger partial charge in [0.25, 0.3) is 0 Å². The molecule has 1 N–H and O–H groups in total. The number of likely N-dealkylation sites (tertiary alicyclic amines) is 1. The van der Waals surface area contributed by atoms with E-state index < -0.39 is 5.60 Å². The van der Waals surface area contributed by atoms with Crippen molar-refractivity contribution in [3.63, 3.8) is 0 Å². The van der Waals surface area contributed by atoms with Gasteiger partial charge in [0.2, 0.25) is 0 Å². The first-order chi connectivity index (χ1) is 11.7. The molecule has 1 aromatic carbocycles. The molecule has 0 bridgehead atoms. The number of benzene rings is 1. The van der Waals surface area contributed by atoms with Crippen molar-refractivity contribution < 1.29 is 14.6 Å². The normalized spacial score (nSPS) is 22.4. The predicted octanol–water partition coefficient (Wildman–Crippen LogP) is 3.37. The van der Waals surface area contributed by atoms with Crippen molar-refractivity contribution in [2.24, 2.45) is 0 Å². The van der Waals surface area contributed by atoms with E-state index in [1.165, 1.54) is 19.3 Å². The van der Waals surface area contributed by atoms with E-state index in [0.717, 1.165) is 56.6 Å². The first-order valence-corrected chi connectivity index (χ1v) is 9.37. The van der Waals surface area contributed by atoms with Gasteiger partial charge >= 0.3 is 0 Å². The largest absolute Gasteiger partial charge is 0.496 e. The number of aliphatic hydroxyl groups is 1. The van der Waals surface area contributed by atoms with Crippen molar-refractivity contribution in [1.82, 2.24) is 4.90 Å². The number of β-amino-alcohol motifs (C(OH)–C–C–N with tert-alkyl or cyclic N) is 1. The van der Waals surface area contributed by atoms with Crippen LogP contribution in [0.15, 0.2) is 24.3 Å². The van der Waals surface area contributed by atoms with E-state index >= 15 is 0 Å². The Bertz CT molecular complexity index is 505. The molecule has 0 aromatic heterocycles. The zero-order valence-corrected chi connectivity index (χ0v) is 14.9. The van der Waals surface area contributed by atoms with Crippen LogP contribution in [0.25, 0.3) is 0 Å². The second kappa shape index (κ2) is 8.32. The Kier molecular flexibility index (Phi) is 6.14. The summed E-state index contributed by atoms with van der Waals surface area (Å²) >= 11 is 0. The predicted molar refractivity (Wildman–Crippen MR) is 95.3 cm³/mol. The quantitative estimate of drug-likeness (QED) is 0.867. The fourth-order valence-corrected chi connectivity index (χ4v) is 4.05. The van der Waals surface area contributed by atoms with Gasteiger partial charge in [0.15, 0.2) is 0 Å². The topological polar surface area (TPSA) is 41.9 Å². The molecular weight excluding hydrogens is 302 g/mol. The number of ether oxygens (including phenoxy) is 2. The van der Waals surface area contributed by atoms with Crippen LogP contribution >= 0.6 is 0 Å². The van der Waals surface area contributed by atoms with Gasteiger partial charge in [-0.3, -0.25) is 0 Å². The highest BCUT2D eigenvalue weighted by molar-refractivity contribution is 5.32. The molecule has 1 aliphatic heterocycles. The Balaban J connectivity index is 1.42. The number of hydrogen-bond acceptors (Lipinski definition) is 4. The molecule has 2 aliphatic rings. The Morgan fingerprint density at radius 3 is 2.54 bits per heavy atom. The molecule has 134 valence electrons. The molecule has 1 aliphatic carbocycles. The van der Waals surface area contributed by atoms with Gasteiger partial charge in [-0.25, -0.2) is 0 Å². The lowest BCUT2D eigenvalue weighted by atomic mass is 9.84. The number of hydrogen-bond donors (Lipinski definition) is 1. The lowest BCUT2D eigenvalue weighted by Gasteiger charge is -2.40. The summed E-state index contributed by atoms with van der Waals surface area (Å²) in [5, 5.41) is 10.7. The highest BCUT2D eigenvalue weighted by Crippen LogP contribution is 2.30. The van der Waals surface area contributed by atoms with E-state index in [1.54, 1.807) is 7.11 Å². The highest BCUT2D eigenvalue weighted by Gasteiger charge is 2.32. The standard InChI is InChI=1S/C20H31NO3/c1-23-19-8-4-3-7-17(19)15-24-18-9-13-21(14-10-18)16-20(22)11-5-2-6-12-20/h3-4,7-8,18,22H,2,5-6,9-16H2,1H3. The van der Waals surface area contributed by atoms with Crippen LogP contribution in [-0.2, 0) is 11.3 Å². The van der Waals surface area contributed by atoms with Crippen LogP contribution < -0.4 is 4.74 Å². The molecule has 3 rings (SSSR count). The highest BCUT2D eigenvalue weighted by atomic mass is 16.5. The number of piperidine rings is 1. The van der Waals surface area contributed by atoms with Crippen molar-refractivity contribution in [1.29, 1.82) is 0 Å². The fourth-order valence-electron chi connectivity index (χ4n) is 4.05. The van der Waals surface area contributed by atoms with E-state index in [9.17, 15) is 5.11 Å². The van der Waals surface area contributed by atoms with Gasteiger partial charge in [-0.2, -0.15) is 0 Å². The van der Waals surface area contributed by atoms with Gasteiger partial charge in [0.1, 0.15) is 5.75 Å². The lowest BCUT2D eigenvalue weighted by Crippen LogP contribution is -2.48. The Hall–Kier alpha value is -1.10. The first-order valence-electron chi connectivity index (χ1n) is 9.37. The van der Waals surface area contributed by atoms with E-state index in [-0.39, 0.29) is 0 Å². The van der Waals surface area contributed by atoms with Crippen LogP contribution in [-0.4, -0.2) is 48.5 Å². The van der Waals surface area contributed by atoms with E-state index in [1.807, 2.05) is 18.2 Å². The number of para-hydroxylation sites is 1. The summed E-state index contributed by atoms with van der Waals surface area (Å²) in [5.74, 6) is 0.898. The maximum atomic E-state index is 10.7. The molecular formula is C20H31NO3. The van der Waals surface area contributed by atoms with E-state index in [2.05, 4.69) is 11.0 Å². The summed E-state index contributed by atoms with van der Waals surface area (Å²) in [6.45, 7) is 3.50. The molecule has 1 saturated heterocycles. The number of rotatable bonds is 6. The molecule has 0 radical (unpaired) electrons. The minimum Gasteiger partial charge on any atom is -0.496 e. The van der Waals surface area contributed by atoms with Gasteiger partial charge in [-0.1, -0.05) is 37.5 Å². The van der Waals surface area contributed by atoms with Crippen LogP contribution in [0.4, 0.5) is 0 Å². The fraction of sp³-hybridized carbons (Fsp3) is 0.700. The minimum absolute atomic E-state index is 0.312. The average molecular weight is 333 g/mol. The molecule has 4 nitrogen and oxygen atoms in total. The van der Waals surface area contributed by atoms with Crippen LogP contribution in [0.5, 0.6) is 5.75 Å². The molecule has 1 heterocycles. The van der Waals surface area contributed by atoms with Crippen molar-refractivity contribution >= 4 is 0 Å². The van der Waals surface area contributed by atoms with Crippen molar-refractivity contribution in [3.05, 3.63) is 29.8 Å². The van der Waals surface area contributed by atoms with Gasteiger partial charge in [0.05, 0.1) is 25.4 Å². The molecule has 0 atom stereocenters. The van der Waals surface area contributed by atoms with Gasteiger partial charge in [-0.15, -0.1) is 0 Å². The molecule has 0 amide bonds. The summed E-state index contributed by atoms with van der Waals surface area (Å²) < 4.78 is 11.5. The van der Waals surface area contributed by atoms with Crippen LogP contribution in [0.1, 0.15) is 50.5 Å². The van der Waals surface area contributed by atoms with E-state index in [4.69, 9.17) is 9.47 Å². The van der Waals surface area contributed by atoms with Crippen molar-refractivity contribution in [2.75, 3.05) is 26.7 Å². The lowest BCUT2D eigenvalue weighted by molar-refractivity contribution is -0.0510. The zero-order chi connectivity index (χ0) is 16.8. The Morgan fingerprint density at radius 2 is 1.83 bits per heavy atom. The SMILES string of the molecule is COc1ccccc1COC1CCN(CC2(O)CCCCC2)CC1. The van der Waals surface area contributed by atoms with Crippen molar-refractivity contribution in [3.8, 4) is 5.75 Å². The molecule has 4 heteroatoms. The number of nitrogens with zero attached hydrogens (tertiary/aromatic N) is 1. The molecule has 24 heavy (non-hydrogen) atoms. The molecule has 1 saturated carbocycles. The molecule has 2 fully saturated rings. The summed E-state index contributed by atoms with van der Waals surface area (Å²) in [6, 6.07) is 8.05. The minimum atomic E-state index is -0.441. The summed E-state index contributed by atoms with van der Waals surface area (Å²) in [4.78, 5) is 2.42. The maximum absolute atomic E-state index is 10.7. The van der Waals surface area contributed by atoms with Crippen LogP contribution in [0, 0.1) is 0 Å². The van der Waals surface area contributed by atoms with Crippen molar-refractivity contribution in [2.45, 2.75) is 63.3 Å². The van der Waals surface area contributed by atoms with Gasteiger partial charge < -0.3 is 19.5 Å². The molecule has 1 aromatic rings. The summed E-state index contributed by atoms with van der Waals surface area (Å²) in [6.07, 6.45) is 7.97. The maximum Gasteiger partial charge on any atom is 0.124 e. The van der Waals surface area contributed by atoms with Crippen LogP contribution in [0.2, 0.25) is 0 Å². The summed E-state index contributed by atoms with van der Waals surface area (Å²) in [5.41, 5.74) is 0.669. The van der Waals surface area contributed by atoms with Crippen LogP contribution in [0.3, 0.4) is 0 Å². The van der Waals surface area contributed by atoms with Gasteiger partial charge in [-0.05, 0) is 31.7 Å². The Morgan fingerprint density at radius 1 is 1.12 bits per heavy atom. The molecule has 0 spiro atoms. The third-order valence-electron chi connectivity index (χ3n) is 5.50. The number of methoxy groups -OCH3 is 1.